The van der Waals surface area contributed by atoms with E-state index in [1.807, 2.05) is 0 Å². The number of nitrogens with one attached hydrogen (secondary N) is 5. The number of nitrogens with zero attached hydrogens (tertiary/aromatic N) is 2. The number of primary amides is 1. The Morgan fingerprint density at radius 1 is 0.720 bits per heavy atom. The summed E-state index contributed by atoms with van der Waals surface area (Å²) in [6.45, 7) is 6.76. The van der Waals surface area contributed by atoms with Gasteiger partial charge in [0.25, 0.3) is 0 Å². The van der Waals surface area contributed by atoms with E-state index in [2.05, 4.69) is 47.4 Å². The lowest BCUT2D eigenvalue weighted by Crippen LogP contribution is -2.64. The van der Waals surface area contributed by atoms with E-state index in [1.165, 1.54) is 6.42 Å². The Hall–Kier alpha value is -5.54. The van der Waals surface area contributed by atoms with Crippen LogP contribution in [0.2, 0.25) is 0 Å². The van der Waals surface area contributed by atoms with Gasteiger partial charge in [-0.15, -0.1) is 0 Å². The van der Waals surface area contributed by atoms with Crippen molar-refractivity contribution in [1.29, 1.82) is 0 Å². The van der Waals surface area contributed by atoms with Gasteiger partial charge >= 0.3 is 0 Å². The fourth-order valence-electron chi connectivity index (χ4n) is 9.79. The maximum atomic E-state index is 14.4. The third-order valence-electron chi connectivity index (χ3n) is 14.3. The van der Waals surface area contributed by atoms with Crippen LogP contribution in [0.15, 0.2) is 24.3 Å². The SMILES string of the molecule is CC[C@H](C)C[C@H](C)CCCCCCCCC(=O)N[C@H]1C[C@@H](O)[C@@H](O)NC(=O)[C@@H]2[C@@H](O)CCN2C(=O)[C@H]([C@H](O)CC(N)=O)NC(=O)[C@H]([C@H](O)[C@@H](O)c2ccc(O)cc2)NC(=O)[C@@H]2C[C@@H](O)CN2C(=O)[C@H]([C@@H](C)O)NC1=O. The Kier molecular flexibility index (Phi) is 24.1. The molecular formula is C50H80N8O17. The van der Waals surface area contributed by atoms with E-state index < -0.39 is 165 Å². The third-order valence-corrected chi connectivity index (χ3v) is 14.3. The van der Waals surface area contributed by atoms with Crippen LogP contribution in [-0.2, 0) is 38.4 Å². The van der Waals surface area contributed by atoms with Gasteiger partial charge in [0.1, 0.15) is 60.3 Å². The number of aliphatic hydroxyl groups is 8. The highest BCUT2D eigenvalue weighted by molar-refractivity contribution is 5.98. The van der Waals surface area contributed by atoms with Crippen molar-refractivity contribution in [3.8, 4) is 5.75 Å². The number of hydrogen-bond acceptors (Lipinski definition) is 17. The fourth-order valence-corrected chi connectivity index (χ4v) is 9.79. The van der Waals surface area contributed by atoms with E-state index in [4.69, 9.17) is 5.73 Å². The second kappa shape index (κ2) is 29.1. The zero-order valence-corrected chi connectivity index (χ0v) is 43.1. The maximum absolute atomic E-state index is 14.4. The first-order valence-electron chi connectivity index (χ1n) is 26.0. The number of hydrogen-bond donors (Lipinski definition) is 15. The van der Waals surface area contributed by atoms with Crippen LogP contribution in [0.4, 0.5) is 0 Å². The minimum atomic E-state index is -2.36. The van der Waals surface area contributed by atoms with Gasteiger partial charge in [-0.25, -0.2) is 0 Å². The number of amides is 8. The summed E-state index contributed by atoms with van der Waals surface area (Å²) in [6, 6.07) is -7.37. The van der Waals surface area contributed by atoms with Crippen LogP contribution in [0.1, 0.15) is 129 Å². The lowest BCUT2D eigenvalue weighted by Gasteiger charge is -2.34. The summed E-state index contributed by atoms with van der Waals surface area (Å²) in [4.78, 5) is 112. The second-order valence-electron chi connectivity index (χ2n) is 20.6. The van der Waals surface area contributed by atoms with Gasteiger partial charge < -0.3 is 88.1 Å². The molecule has 3 heterocycles. The summed E-state index contributed by atoms with van der Waals surface area (Å²) < 4.78 is 0. The molecule has 0 aliphatic carbocycles. The monoisotopic (exact) mass is 1060 g/mol. The van der Waals surface area contributed by atoms with E-state index in [-0.39, 0.29) is 24.2 Å². The summed E-state index contributed by atoms with van der Waals surface area (Å²) in [5.41, 5.74) is 5.21. The van der Waals surface area contributed by atoms with Crippen LogP contribution in [0.25, 0.3) is 0 Å². The predicted octanol–water partition coefficient (Wildman–Crippen LogP) is -3.34. The third kappa shape index (κ3) is 17.8. The minimum absolute atomic E-state index is 0.0795. The first-order chi connectivity index (χ1) is 35.3. The molecule has 1 aromatic rings. The largest absolute Gasteiger partial charge is 0.508 e. The Labute approximate surface area is 436 Å². The van der Waals surface area contributed by atoms with Gasteiger partial charge in [0.05, 0.1) is 30.8 Å². The maximum Gasteiger partial charge on any atom is 0.248 e. The molecule has 3 aliphatic rings. The van der Waals surface area contributed by atoms with Gasteiger partial charge in [-0.1, -0.05) is 77.8 Å². The molecule has 0 radical (unpaired) electrons. The summed E-state index contributed by atoms with van der Waals surface area (Å²) in [6.07, 6.45) is -10.2. The highest BCUT2D eigenvalue weighted by Crippen LogP contribution is 2.27. The lowest BCUT2D eigenvalue weighted by atomic mass is 9.91. The van der Waals surface area contributed by atoms with Crippen molar-refractivity contribution in [3.05, 3.63) is 29.8 Å². The number of carbonyl (C=O) groups is 8. The number of unbranched alkanes of at least 4 members (excludes halogenated alkanes) is 5. The van der Waals surface area contributed by atoms with Gasteiger partial charge in [-0.3, -0.25) is 38.4 Å². The van der Waals surface area contributed by atoms with Crippen LogP contribution in [0.5, 0.6) is 5.75 Å². The van der Waals surface area contributed by atoms with E-state index in [0.717, 1.165) is 74.6 Å². The van der Waals surface area contributed by atoms with Crippen LogP contribution in [-0.4, -0.2) is 195 Å². The number of aliphatic hydroxyl groups excluding tert-OH is 8. The van der Waals surface area contributed by atoms with E-state index >= 15 is 0 Å². The Morgan fingerprint density at radius 2 is 1.32 bits per heavy atom. The van der Waals surface area contributed by atoms with Crippen molar-refractivity contribution in [3.63, 3.8) is 0 Å². The Balaban J connectivity index is 1.69. The normalized spacial score (nSPS) is 29.0. The molecule has 0 bridgehead atoms. The van der Waals surface area contributed by atoms with Crippen molar-refractivity contribution >= 4 is 47.3 Å². The number of aromatic hydroxyl groups is 1. The van der Waals surface area contributed by atoms with Crippen LogP contribution < -0.4 is 32.3 Å². The molecule has 25 nitrogen and oxygen atoms in total. The highest BCUT2D eigenvalue weighted by atomic mass is 16.3. The number of phenolic OH excluding ortho intramolecular Hbond substituents is 1. The van der Waals surface area contributed by atoms with Crippen LogP contribution >= 0.6 is 0 Å². The second-order valence-corrected chi connectivity index (χ2v) is 20.6. The van der Waals surface area contributed by atoms with E-state index in [9.17, 15) is 84.3 Å². The molecule has 0 aromatic heterocycles. The van der Waals surface area contributed by atoms with Gasteiger partial charge in [0, 0.05) is 32.4 Å². The summed E-state index contributed by atoms with van der Waals surface area (Å²) >= 11 is 0. The molecule has 16 N–H and O–H groups in total. The fraction of sp³-hybridized carbons (Fsp3) is 0.720. The number of nitrogens with two attached hydrogens (primary N) is 1. The molecule has 0 unspecified atom stereocenters. The smallest absolute Gasteiger partial charge is 0.248 e. The number of benzene rings is 1. The summed E-state index contributed by atoms with van der Waals surface area (Å²) in [7, 11) is 0. The van der Waals surface area contributed by atoms with Crippen molar-refractivity contribution < 1.29 is 84.3 Å². The number of fused-ring (bicyclic) bond motifs is 2. The van der Waals surface area contributed by atoms with Crippen molar-refractivity contribution in [2.75, 3.05) is 13.1 Å². The van der Waals surface area contributed by atoms with Gasteiger partial charge in [-0.05, 0) is 55.7 Å². The standard InChI is InChI=1S/C50H80N8O17/c1-5-25(2)20-26(3)12-10-8-6-7-9-11-13-37(66)52-31-22-35(64)46(71)56-48(73)41-33(62)18-19-57(41)50(75)39(34(63)23-36(51)65)54-47(72)40(43(68)42(67)28-14-16-29(60)17-15-28)55-45(70)32-21-30(61)24-58(32)49(74)38(27(4)59)53-44(31)69/h14-17,25-27,30-35,38-43,46,59-64,67-68,71H,5-13,18-24H2,1-4H3,(H2,51,65)(H,52,66)(H,53,69)(H,54,72)(H,55,70)(H,56,73)/t25-,26+,27+,30+,31-,32-,33-,34+,35+,38-,39-,40-,41-,42-,43-,46+/m0/s1. The molecular weight excluding hydrogens is 985 g/mol. The lowest BCUT2D eigenvalue weighted by molar-refractivity contribution is -0.149. The van der Waals surface area contributed by atoms with Gasteiger partial charge in [0.2, 0.25) is 47.3 Å². The molecule has 1 aromatic carbocycles. The van der Waals surface area contributed by atoms with Crippen molar-refractivity contribution in [2.24, 2.45) is 17.6 Å². The molecule has 422 valence electrons. The molecule has 75 heavy (non-hydrogen) atoms. The number of rotatable bonds is 20. The quantitative estimate of drug-likeness (QED) is 0.0568. The van der Waals surface area contributed by atoms with E-state index in [0.29, 0.717) is 29.6 Å². The summed E-state index contributed by atoms with van der Waals surface area (Å²) in [5.74, 6) is -8.59. The van der Waals surface area contributed by atoms with Crippen molar-refractivity contribution in [1.82, 2.24) is 36.4 Å². The molecule has 3 aliphatic heterocycles. The average Bonchev–Trinajstić information content (AvgIpc) is 3.95. The first-order valence-corrected chi connectivity index (χ1v) is 26.0. The molecule has 3 saturated heterocycles. The van der Waals surface area contributed by atoms with Crippen LogP contribution in [0, 0.1) is 11.8 Å². The molecule has 8 amide bonds. The zero-order chi connectivity index (χ0) is 55.8. The van der Waals surface area contributed by atoms with Gasteiger partial charge in [-0.2, -0.15) is 0 Å². The topological polar surface area (TPSA) is 411 Å². The Bertz CT molecular complexity index is 2100. The summed E-state index contributed by atoms with van der Waals surface area (Å²) in [5, 5.41) is 110. The number of phenols is 1. The number of carbonyl (C=O) groups excluding carboxylic acids is 8. The molecule has 0 saturated carbocycles. The molecule has 16 atom stereocenters. The zero-order valence-electron chi connectivity index (χ0n) is 43.1. The first kappa shape index (κ1) is 62.0. The molecule has 3 fully saturated rings. The van der Waals surface area contributed by atoms with Gasteiger partial charge in [0.15, 0.2) is 6.23 Å². The van der Waals surface area contributed by atoms with Crippen LogP contribution in [0.3, 0.4) is 0 Å². The molecule has 0 spiro atoms. The average molecular weight is 1070 g/mol. The Morgan fingerprint density at radius 3 is 1.95 bits per heavy atom. The van der Waals surface area contributed by atoms with E-state index in [1.54, 1.807) is 0 Å². The predicted molar refractivity (Wildman–Crippen MR) is 265 cm³/mol. The molecule has 25 heteroatoms. The molecule has 4 rings (SSSR count). The minimum Gasteiger partial charge on any atom is -0.508 e. The van der Waals surface area contributed by atoms with Crippen molar-refractivity contribution in [2.45, 2.75) is 203 Å². The highest BCUT2D eigenvalue weighted by Gasteiger charge is 2.49.